The Hall–Kier alpha value is -0.790. The second-order valence-electron chi connectivity index (χ2n) is 4.21. The van der Waals surface area contributed by atoms with Gasteiger partial charge in [0.15, 0.2) is 0 Å². The van der Waals surface area contributed by atoms with Crippen LogP contribution in [0.3, 0.4) is 0 Å². The van der Waals surface area contributed by atoms with Crippen molar-refractivity contribution in [2.24, 2.45) is 11.8 Å². The first-order chi connectivity index (χ1) is 6.75. The number of carboxylic acid groups (broad SMARTS) is 1. The summed E-state index contributed by atoms with van der Waals surface area (Å²) in [6.45, 7) is 3.69. The van der Waals surface area contributed by atoms with Gasteiger partial charge in [-0.3, -0.25) is 4.79 Å². The predicted molar refractivity (Wildman–Crippen MR) is 57.1 cm³/mol. The van der Waals surface area contributed by atoms with Gasteiger partial charge in [-0.25, -0.2) is 0 Å². The summed E-state index contributed by atoms with van der Waals surface area (Å²) < 4.78 is 0. The molecule has 0 amide bonds. The van der Waals surface area contributed by atoms with Gasteiger partial charge < -0.3 is 5.11 Å². The van der Waals surface area contributed by atoms with Crippen LogP contribution in [0.2, 0.25) is 0 Å². The van der Waals surface area contributed by atoms with Gasteiger partial charge in [-0.2, -0.15) is 0 Å². The molecule has 0 aromatic rings. The fraction of sp³-hybridized carbons (Fsp3) is 0.750. The smallest absolute Gasteiger partial charge is 0.306 e. The number of rotatable bonds is 4. The third-order valence-electron chi connectivity index (χ3n) is 3.22. The Kier molecular flexibility index (Phi) is 4.71. The molecule has 80 valence electrons. The molecule has 0 radical (unpaired) electrons. The molecule has 14 heavy (non-hydrogen) atoms. The van der Waals surface area contributed by atoms with E-state index in [-0.39, 0.29) is 5.92 Å². The molecule has 1 aliphatic carbocycles. The SMILES string of the molecule is C=CCCC1CCCCCC1C(=O)O. The summed E-state index contributed by atoms with van der Waals surface area (Å²) >= 11 is 0. The van der Waals surface area contributed by atoms with Gasteiger partial charge in [0.2, 0.25) is 0 Å². The monoisotopic (exact) mass is 196 g/mol. The third kappa shape index (κ3) is 3.17. The fourth-order valence-electron chi connectivity index (χ4n) is 2.39. The van der Waals surface area contributed by atoms with Crippen molar-refractivity contribution in [1.82, 2.24) is 0 Å². The maximum absolute atomic E-state index is 11.1. The second kappa shape index (κ2) is 5.84. The number of hydrogen-bond acceptors (Lipinski definition) is 1. The van der Waals surface area contributed by atoms with Crippen LogP contribution in [0.1, 0.15) is 44.9 Å². The van der Waals surface area contributed by atoms with E-state index in [1.165, 1.54) is 12.8 Å². The molecule has 2 atom stereocenters. The summed E-state index contributed by atoms with van der Waals surface area (Å²) in [5, 5.41) is 9.11. The van der Waals surface area contributed by atoms with E-state index < -0.39 is 5.97 Å². The average molecular weight is 196 g/mol. The minimum atomic E-state index is -0.596. The largest absolute Gasteiger partial charge is 0.481 e. The van der Waals surface area contributed by atoms with Gasteiger partial charge >= 0.3 is 5.97 Å². The van der Waals surface area contributed by atoms with Crippen LogP contribution in [0.4, 0.5) is 0 Å². The van der Waals surface area contributed by atoms with Crippen LogP contribution >= 0.6 is 0 Å². The van der Waals surface area contributed by atoms with Crippen molar-refractivity contribution in [3.05, 3.63) is 12.7 Å². The lowest BCUT2D eigenvalue weighted by Crippen LogP contribution is -2.22. The summed E-state index contributed by atoms with van der Waals surface area (Å²) in [6, 6.07) is 0. The molecular weight excluding hydrogens is 176 g/mol. The molecule has 0 saturated heterocycles. The number of allylic oxidation sites excluding steroid dienone is 1. The van der Waals surface area contributed by atoms with Crippen LogP contribution in [0, 0.1) is 11.8 Å². The van der Waals surface area contributed by atoms with Gasteiger partial charge in [0.1, 0.15) is 0 Å². The minimum absolute atomic E-state index is 0.0996. The molecule has 0 aromatic heterocycles. The molecule has 0 aromatic carbocycles. The summed E-state index contributed by atoms with van der Waals surface area (Å²) in [5.41, 5.74) is 0. The molecule has 0 aliphatic heterocycles. The zero-order chi connectivity index (χ0) is 10.4. The highest BCUT2D eigenvalue weighted by Gasteiger charge is 2.28. The van der Waals surface area contributed by atoms with Crippen molar-refractivity contribution < 1.29 is 9.90 Å². The maximum Gasteiger partial charge on any atom is 0.306 e. The maximum atomic E-state index is 11.1. The lowest BCUT2D eigenvalue weighted by molar-refractivity contribution is -0.144. The molecule has 0 spiro atoms. The predicted octanol–water partition coefficient (Wildman–Crippen LogP) is 3.23. The Labute approximate surface area is 86.0 Å². The fourth-order valence-corrected chi connectivity index (χ4v) is 2.39. The van der Waals surface area contributed by atoms with Crippen LogP contribution in [0.25, 0.3) is 0 Å². The van der Waals surface area contributed by atoms with Gasteiger partial charge in [0, 0.05) is 0 Å². The Morgan fingerprint density at radius 1 is 1.36 bits per heavy atom. The molecule has 2 unspecified atom stereocenters. The van der Waals surface area contributed by atoms with Crippen molar-refractivity contribution in [2.45, 2.75) is 44.9 Å². The zero-order valence-electron chi connectivity index (χ0n) is 8.74. The zero-order valence-corrected chi connectivity index (χ0v) is 8.74. The van der Waals surface area contributed by atoms with Crippen LogP contribution in [0.5, 0.6) is 0 Å². The Morgan fingerprint density at radius 2 is 2.07 bits per heavy atom. The standard InChI is InChI=1S/C12H20O2/c1-2-3-7-10-8-5-4-6-9-11(10)12(13)14/h2,10-11H,1,3-9H2,(H,13,14). The Balaban J connectivity index is 2.54. The molecule has 0 heterocycles. The quantitative estimate of drug-likeness (QED) is 0.553. The van der Waals surface area contributed by atoms with Gasteiger partial charge in [-0.05, 0) is 31.6 Å². The van der Waals surface area contributed by atoms with E-state index in [0.29, 0.717) is 5.92 Å². The first-order valence-corrected chi connectivity index (χ1v) is 5.59. The van der Waals surface area contributed by atoms with Crippen molar-refractivity contribution in [2.75, 3.05) is 0 Å². The van der Waals surface area contributed by atoms with E-state index in [1.54, 1.807) is 0 Å². The van der Waals surface area contributed by atoms with Crippen molar-refractivity contribution in [3.8, 4) is 0 Å². The van der Waals surface area contributed by atoms with Gasteiger partial charge in [-0.1, -0.05) is 25.3 Å². The average Bonchev–Trinajstić information content (AvgIpc) is 2.39. The van der Waals surface area contributed by atoms with Crippen molar-refractivity contribution in [1.29, 1.82) is 0 Å². The summed E-state index contributed by atoms with van der Waals surface area (Å²) in [7, 11) is 0. The van der Waals surface area contributed by atoms with Crippen LogP contribution in [-0.4, -0.2) is 11.1 Å². The van der Waals surface area contributed by atoms with E-state index in [2.05, 4.69) is 6.58 Å². The highest BCUT2D eigenvalue weighted by atomic mass is 16.4. The lowest BCUT2D eigenvalue weighted by Gasteiger charge is -2.20. The Bertz CT molecular complexity index is 198. The van der Waals surface area contributed by atoms with Crippen LogP contribution in [0.15, 0.2) is 12.7 Å². The molecule has 1 fully saturated rings. The molecular formula is C12H20O2. The highest BCUT2D eigenvalue weighted by molar-refractivity contribution is 5.70. The van der Waals surface area contributed by atoms with Gasteiger partial charge in [-0.15, -0.1) is 6.58 Å². The molecule has 2 heteroatoms. The van der Waals surface area contributed by atoms with Crippen LogP contribution < -0.4 is 0 Å². The van der Waals surface area contributed by atoms with Crippen molar-refractivity contribution in [3.63, 3.8) is 0 Å². The van der Waals surface area contributed by atoms with Crippen molar-refractivity contribution >= 4 is 5.97 Å². The van der Waals surface area contributed by atoms with Crippen LogP contribution in [-0.2, 0) is 4.79 Å². The molecule has 2 nitrogen and oxygen atoms in total. The minimum Gasteiger partial charge on any atom is -0.481 e. The number of hydrogen-bond donors (Lipinski definition) is 1. The molecule has 1 rings (SSSR count). The first-order valence-electron chi connectivity index (χ1n) is 5.59. The van der Waals surface area contributed by atoms with E-state index >= 15 is 0 Å². The van der Waals surface area contributed by atoms with Gasteiger partial charge in [0.25, 0.3) is 0 Å². The number of carboxylic acids is 1. The second-order valence-corrected chi connectivity index (χ2v) is 4.21. The number of carbonyl (C=O) groups is 1. The number of aliphatic carboxylic acids is 1. The summed E-state index contributed by atoms with van der Waals surface area (Å²) in [4.78, 5) is 11.1. The molecule has 1 saturated carbocycles. The van der Waals surface area contributed by atoms with E-state index in [0.717, 1.165) is 32.1 Å². The molecule has 1 aliphatic rings. The third-order valence-corrected chi connectivity index (χ3v) is 3.22. The Morgan fingerprint density at radius 3 is 2.71 bits per heavy atom. The highest BCUT2D eigenvalue weighted by Crippen LogP contribution is 2.32. The molecule has 0 bridgehead atoms. The van der Waals surface area contributed by atoms with E-state index in [1.807, 2.05) is 6.08 Å². The molecule has 1 N–H and O–H groups in total. The summed E-state index contributed by atoms with van der Waals surface area (Å²) in [5.74, 6) is -0.314. The van der Waals surface area contributed by atoms with E-state index in [4.69, 9.17) is 5.11 Å². The first kappa shape index (κ1) is 11.3. The van der Waals surface area contributed by atoms with E-state index in [9.17, 15) is 4.79 Å². The van der Waals surface area contributed by atoms with Gasteiger partial charge in [0.05, 0.1) is 5.92 Å². The summed E-state index contributed by atoms with van der Waals surface area (Å²) in [6.07, 6.45) is 9.29. The normalized spacial score (nSPS) is 28.0. The lowest BCUT2D eigenvalue weighted by atomic mass is 9.84. The topological polar surface area (TPSA) is 37.3 Å².